The van der Waals surface area contributed by atoms with Gasteiger partial charge in [-0.2, -0.15) is 0 Å². The smallest absolute Gasteiger partial charge is 0.242 e. The Balaban J connectivity index is 2.06. The van der Waals surface area contributed by atoms with E-state index in [0.717, 1.165) is 11.4 Å². The summed E-state index contributed by atoms with van der Waals surface area (Å²) in [6.45, 7) is 0.535. The van der Waals surface area contributed by atoms with Crippen LogP contribution in [0.25, 0.3) is 0 Å². The molecule has 1 aromatic heterocycles. The molecule has 0 fully saturated rings. The van der Waals surface area contributed by atoms with Crippen LogP contribution in [0.1, 0.15) is 5.69 Å². The Hall–Kier alpha value is -1.99. The minimum Gasteiger partial charge on any atom is -0.379 e. The summed E-state index contributed by atoms with van der Waals surface area (Å²) in [4.78, 5) is 8.39. The number of anilines is 1. The summed E-state index contributed by atoms with van der Waals surface area (Å²) in [5.41, 5.74) is 1.64. The van der Waals surface area contributed by atoms with Gasteiger partial charge in [0.1, 0.15) is 0 Å². The zero-order valence-corrected chi connectivity index (χ0v) is 12.1. The molecule has 7 heteroatoms. The van der Waals surface area contributed by atoms with Crippen molar-refractivity contribution in [2.24, 2.45) is 0 Å². The first kappa shape index (κ1) is 14.4. The highest BCUT2D eigenvalue weighted by atomic mass is 32.2. The molecule has 0 aliphatic rings. The summed E-state index contributed by atoms with van der Waals surface area (Å²) in [5, 5.41) is 3.16. The van der Waals surface area contributed by atoms with Gasteiger partial charge in [0.15, 0.2) is 0 Å². The lowest BCUT2D eigenvalue weighted by Gasteiger charge is -2.12. The summed E-state index contributed by atoms with van der Waals surface area (Å²) >= 11 is 0. The van der Waals surface area contributed by atoms with E-state index in [2.05, 4.69) is 15.3 Å². The molecular weight excluding hydrogens is 276 g/mol. The molecule has 1 N–H and O–H groups in total. The zero-order chi connectivity index (χ0) is 14.6. The number of aromatic nitrogens is 2. The SMILES string of the molecule is CN(C)S(=O)(=O)c1ccc(NCc2cnccn2)cc1. The average Bonchev–Trinajstić information content (AvgIpc) is 2.46. The van der Waals surface area contributed by atoms with Crippen LogP contribution in [0.2, 0.25) is 0 Å². The van der Waals surface area contributed by atoms with Crippen LogP contribution < -0.4 is 5.32 Å². The molecule has 0 unspecified atom stereocenters. The number of nitrogens with one attached hydrogen (secondary N) is 1. The number of hydrogen-bond acceptors (Lipinski definition) is 5. The first-order valence-corrected chi connectivity index (χ1v) is 7.45. The molecule has 6 nitrogen and oxygen atoms in total. The molecule has 1 heterocycles. The largest absolute Gasteiger partial charge is 0.379 e. The van der Waals surface area contributed by atoms with E-state index >= 15 is 0 Å². The van der Waals surface area contributed by atoms with Crippen molar-refractivity contribution in [3.05, 3.63) is 48.5 Å². The summed E-state index contributed by atoms with van der Waals surface area (Å²) < 4.78 is 25.0. The Bertz CT molecular complexity index is 655. The van der Waals surface area contributed by atoms with Crippen LogP contribution in [0.5, 0.6) is 0 Å². The minimum atomic E-state index is -3.38. The van der Waals surface area contributed by atoms with E-state index in [9.17, 15) is 8.42 Å². The van der Waals surface area contributed by atoms with Gasteiger partial charge in [0.05, 0.1) is 23.3 Å². The van der Waals surface area contributed by atoms with Crippen molar-refractivity contribution < 1.29 is 8.42 Å². The van der Waals surface area contributed by atoms with E-state index in [-0.39, 0.29) is 4.90 Å². The highest BCUT2D eigenvalue weighted by molar-refractivity contribution is 7.89. The van der Waals surface area contributed by atoms with Crippen molar-refractivity contribution in [2.45, 2.75) is 11.4 Å². The fourth-order valence-corrected chi connectivity index (χ4v) is 2.47. The van der Waals surface area contributed by atoms with Crippen molar-refractivity contribution in [1.82, 2.24) is 14.3 Å². The second-order valence-corrected chi connectivity index (χ2v) is 6.51. The fourth-order valence-electron chi connectivity index (χ4n) is 1.57. The van der Waals surface area contributed by atoms with Gasteiger partial charge >= 0.3 is 0 Å². The van der Waals surface area contributed by atoms with Crippen LogP contribution in [-0.4, -0.2) is 36.8 Å². The number of benzene rings is 1. The van der Waals surface area contributed by atoms with Gasteiger partial charge in [-0.1, -0.05) is 0 Å². The Morgan fingerprint density at radius 3 is 2.40 bits per heavy atom. The molecule has 0 amide bonds. The Morgan fingerprint density at radius 1 is 1.15 bits per heavy atom. The molecule has 0 radical (unpaired) electrons. The van der Waals surface area contributed by atoms with Gasteiger partial charge in [0.25, 0.3) is 0 Å². The number of rotatable bonds is 5. The van der Waals surface area contributed by atoms with Crippen molar-refractivity contribution in [3.63, 3.8) is 0 Å². The van der Waals surface area contributed by atoms with E-state index in [1.54, 1.807) is 42.9 Å². The summed E-state index contributed by atoms with van der Waals surface area (Å²) in [6.07, 6.45) is 4.92. The molecule has 0 aliphatic carbocycles. The van der Waals surface area contributed by atoms with Gasteiger partial charge < -0.3 is 5.32 Å². The summed E-state index contributed by atoms with van der Waals surface area (Å²) in [5.74, 6) is 0. The fraction of sp³-hybridized carbons (Fsp3) is 0.231. The second-order valence-electron chi connectivity index (χ2n) is 4.36. The molecule has 20 heavy (non-hydrogen) atoms. The predicted octanol–water partition coefficient (Wildman–Crippen LogP) is 1.34. The molecule has 2 aromatic rings. The monoisotopic (exact) mass is 292 g/mol. The second kappa shape index (κ2) is 5.98. The number of hydrogen-bond donors (Lipinski definition) is 1. The van der Waals surface area contributed by atoms with Crippen molar-refractivity contribution in [3.8, 4) is 0 Å². The molecule has 0 bridgehead atoms. The normalized spacial score (nSPS) is 11.6. The van der Waals surface area contributed by atoms with Crippen LogP contribution in [0.4, 0.5) is 5.69 Å². The third kappa shape index (κ3) is 3.31. The predicted molar refractivity (Wildman–Crippen MR) is 76.7 cm³/mol. The maximum atomic E-state index is 11.9. The highest BCUT2D eigenvalue weighted by Crippen LogP contribution is 2.16. The van der Waals surface area contributed by atoms with Gasteiger partial charge in [0.2, 0.25) is 10.0 Å². The molecule has 0 atom stereocenters. The van der Waals surface area contributed by atoms with Crippen LogP contribution in [0.3, 0.4) is 0 Å². The highest BCUT2D eigenvalue weighted by Gasteiger charge is 2.16. The van der Waals surface area contributed by atoms with Gasteiger partial charge in [-0.25, -0.2) is 12.7 Å². The molecule has 106 valence electrons. The Kier molecular flexibility index (Phi) is 4.31. The molecule has 0 saturated heterocycles. The summed E-state index contributed by atoms with van der Waals surface area (Å²) in [7, 11) is -0.359. The Labute approximate surface area is 118 Å². The minimum absolute atomic E-state index is 0.271. The van der Waals surface area contributed by atoms with Crippen molar-refractivity contribution >= 4 is 15.7 Å². The van der Waals surface area contributed by atoms with Gasteiger partial charge in [0, 0.05) is 32.2 Å². The van der Waals surface area contributed by atoms with Crippen LogP contribution in [-0.2, 0) is 16.6 Å². The molecule has 0 saturated carbocycles. The lowest BCUT2D eigenvalue weighted by Crippen LogP contribution is -2.22. The van der Waals surface area contributed by atoms with Crippen LogP contribution >= 0.6 is 0 Å². The summed E-state index contributed by atoms with van der Waals surface area (Å²) in [6, 6.07) is 6.61. The topological polar surface area (TPSA) is 75.2 Å². The molecular formula is C13H16N4O2S. The first-order chi connectivity index (χ1) is 9.50. The molecule has 0 aliphatic heterocycles. The molecule has 0 spiro atoms. The quantitative estimate of drug-likeness (QED) is 0.900. The third-order valence-electron chi connectivity index (χ3n) is 2.72. The van der Waals surface area contributed by atoms with E-state index in [4.69, 9.17) is 0 Å². The van der Waals surface area contributed by atoms with Crippen molar-refractivity contribution in [1.29, 1.82) is 0 Å². The van der Waals surface area contributed by atoms with Gasteiger partial charge in [-0.15, -0.1) is 0 Å². The maximum Gasteiger partial charge on any atom is 0.242 e. The van der Waals surface area contributed by atoms with Crippen LogP contribution in [0, 0.1) is 0 Å². The lowest BCUT2D eigenvalue weighted by molar-refractivity contribution is 0.521. The standard InChI is InChI=1S/C13H16N4O2S/c1-17(2)20(18,19)13-5-3-11(4-6-13)16-10-12-9-14-7-8-15-12/h3-9,16H,10H2,1-2H3. The maximum absolute atomic E-state index is 11.9. The number of sulfonamides is 1. The van der Waals surface area contributed by atoms with E-state index in [1.165, 1.54) is 18.4 Å². The van der Waals surface area contributed by atoms with Gasteiger partial charge in [-0.3, -0.25) is 9.97 Å². The van der Waals surface area contributed by atoms with E-state index in [1.807, 2.05) is 0 Å². The zero-order valence-electron chi connectivity index (χ0n) is 11.3. The third-order valence-corrected chi connectivity index (χ3v) is 4.55. The number of nitrogens with zero attached hydrogens (tertiary/aromatic N) is 3. The van der Waals surface area contributed by atoms with E-state index in [0.29, 0.717) is 6.54 Å². The Morgan fingerprint density at radius 2 is 1.85 bits per heavy atom. The molecule has 2 rings (SSSR count). The first-order valence-electron chi connectivity index (χ1n) is 6.01. The molecule has 1 aromatic carbocycles. The van der Waals surface area contributed by atoms with Gasteiger partial charge in [-0.05, 0) is 24.3 Å². The lowest BCUT2D eigenvalue weighted by atomic mass is 10.3. The van der Waals surface area contributed by atoms with E-state index < -0.39 is 10.0 Å². The van der Waals surface area contributed by atoms with Crippen molar-refractivity contribution in [2.75, 3.05) is 19.4 Å². The average molecular weight is 292 g/mol. The van der Waals surface area contributed by atoms with Crippen LogP contribution in [0.15, 0.2) is 47.8 Å².